The number of hydrogen-bond acceptors (Lipinski definition) is 4. The largest absolute Gasteiger partial charge is 0.497 e. The van der Waals surface area contributed by atoms with Gasteiger partial charge in [-0.2, -0.15) is 0 Å². The van der Waals surface area contributed by atoms with Crippen LogP contribution in [0.3, 0.4) is 0 Å². The Kier molecular flexibility index (Phi) is 4.65. The van der Waals surface area contributed by atoms with Gasteiger partial charge in [-0.1, -0.05) is 12.1 Å². The van der Waals surface area contributed by atoms with Crippen LogP contribution in [0, 0.1) is 6.92 Å². The number of ether oxygens (including phenoxy) is 1. The highest BCUT2D eigenvalue weighted by atomic mass is 16.5. The molecule has 0 unspecified atom stereocenters. The number of furan rings is 1. The third kappa shape index (κ3) is 3.64. The van der Waals surface area contributed by atoms with Crippen molar-refractivity contribution in [3.05, 3.63) is 53.0 Å². The predicted octanol–water partition coefficient (Wildman–Crippen LogP) is 3.15. The molecule has 0 saturated heterocycles. The molecule has 0 radical (unpaired) electrons. The zero-order chi connectivity index (χ0) is 15.4. The summed E-state index contributed by atoms with van der Waals surface area (Å²) < 4.78 is 10.3. The molecule has 0 bridgehead atoms. The van der Waals surface area contributed by atoms with Gasteiger partial charge in [-0.3, -0.25) is 0 Å². The van der Waals surface area contributed by atoms with Crippen LogP contribution in [0.5, 0.6) is 5.75 Å². The topological polar surface area (TPSA) is 71.7 Å². The van der Waals surface area contributed by atoms with Gasteiger partial charge in [0.1, 0.15) is 11.5 Å². The van der Waals surface area contributed by atoms with Crippen LogP contribution in [-0.4, -0.2) is 18.2 Å². The first-order valence-corrected chi connectivity index (χ1v) is 6.71. The minimum atomic E-state index is -1.05. The molecule has 1 aromatic heterocycles. The average Bonchev–Trinajstić information content (AvgIpc) is 2.86. The summed E-state index contributed by atoms with van der Waals surface area (Å²) in [5.74, 6) is 0.374. The van der Waals surface area contributed by atoms with Gasteiger partial charge in [0.2, 0.25) is 5.76 Å². The van der Waals surface area contributed by atoms with E-state index < -0.39 is 5.97 Å². The number of methoxy groups -OCH3 is 1. The third-order valence-corrected chi connectivity index (χ3v) is 3.45. The van der Waals surface area contributed by atoms with Crippen molar-refractivity contribution in [2.45, 2.75) is 26.4 Å². The number of nitrogens with one attached hydrogen (secondary N) is 1. The highest BCUT2D eigenvalue weighted by molar-refractivity contribution is 5.84. The van der Waals surface area contributed by atoms with E-state index >= 15 is 0 Å². The molecule has 2 rings (SSSR count). The van der Waals surface area contributed by atoms with E-state index in [4.69, 9.17) is 14.3 Å². The molecular formula is C16H19NO4. The first-order chi connectivity index (χ1) is 10.0. The molecule has 0 spiro atoms. The Bertz CT molecular complexity index is 616. The maximum atomic E-state index is 10.9. The summed E-state index contributed by atoms with van der Waals surface area (Å²) >= 11 is 0. The molecule has 2 N–H and O–H groups in total. The molecule has 21 heavy (non-hydrogen) atoms. The molecule has 112 valence electrons. The van der Waals surface area contributed by atoms with E-state index in [-0.39, 0.29) is 11.8 Å². The van der Waals surface area contributed by atoms with Crippen LogP contribution < -0.4 is 10.1 Å². The summed E-state index contributed by atoms with van der Waals surface area (Å²) in [6, 6.07) is 9.53. The Labute approximate surface area is 123 Å². The van der Waals surface area contributed by atoms with Crippen LogP contribution in [0.15, 0.2) is 34.7 Å². The summed E-state index contributed by atoms with van der Waals surface area (Å²) in [7, 11) is 1.64. The minimum absolute atomic E-state index is 0.0265. The van der Waals surface area contributed by atoms with Crippen LogP contribution in [-0.2, 0) is 6.54 Å². The lowest BCUT2D eigenvalue weighted by atomic mass is 10.1. The Morgan fingerprint density at radius 2 is 2.05 bits per heavy atom. The first-order valence-electron chi connectivity index (χ1n) is 6.71. The van der Waals surface area contributed by atoms with Crippen molar-refractivity contribution >= 4 is 5.97 Å². The van der Waals surface area contributed by atoms with E-state index in [9.17, 15) is 4.79 Å². The number of aromatic carboxylic acids is 1. The summed E-state index contributed by atoms with van der Waals surface area (Å²) in [6.45, 7) is 4.37. The number of hydrogen-bond donors (Lipinski definition) is 2. The lowest BCUT2D eigenvalue weighted by molar-refractivity contribution is 0.0661. The van der Waals surface area contributed by atoms with Gasteiger partial charge in [0.15, 0.2) is 0 Å². The molecule has 0 aliphatic carbocycles. The maximum absolute atomic E-state index is 10.9. The van der Waals surface area contributed by atoms with Gasteiger partial charge in [0.05, 0.1) is 7.11 Å². The normalized spacial score (nSPS) is 12.1. The second-order valence-electron chi connectivity index (χ2n) is 4.87. The van der Waals surface area contributed by atoms with Crippen molar-refractivity contribution in [1.29, 1.82) is 0 Å². The fourth-order valence-electron chi connectivity index (χ4n) is 2.07. The van der Waals surface area contributed by atoms with Crippen molar-refractivity contribution in [3.8, 4) is 5.75 Å². The smallest absolute Gasteiger partial charge is 0.371 e. The number of carboxylic acids is 1. The third-order valence-electron chi connectivity index (χ3n) is 3.45. The monoisotopic (exact) mass is 289 g/mol. The highest BCUT2D eigenvalue weighted by Gasteiger charge is 2.14. The Balaban J connectivity index is 1.99. The van der Waals surface area contributed by atoms with Crippen molar-refractivity contribution < 1.29 is 19.1 Å². The number of aryl methyl sites for hydroxylation is 1. The fourth-order valence-corrected chi connectivity index (χ4v) is 2.07. The van der Waals surface area contributed by atoms with Gasteiger partial charge in [-0.05, 0) is 37.6 Å². The van der Waals surface area contributed by atoms with E-state index in [2.05, 4.69) is 12.2 Å². The van der Waals surface area contributed by atoms with Crippen LogP contribution in [0.2, 0.25) is 0 Å². The second kappa shape index (κ2) is 6.45. The van der Waals surface area contributed by atoms with Gasteiger partial charge in [0.25, 0.3) is 0 Å². The molecule has 0 fully saturated rings. The molecule has 1 aromatic carbocycles. The summed E-state index contributed by atoms with van der Waals surface area (Å²) in [5, 5.41) is 12.3. The number of benzene rings is 1. The van der Waals surface area contributed by atoms with Crippen LogP contribution in [0.25, 0.3) is 0 Å². The van der Waals surface area contributed by atoms with E-state index in [0.717, 1.165) is 16.9 Å². The Morgan fingerprint density at radius 1 is 1.38 bits per heavy atom. The van der Waals surface area contributed by atoms with E-state index in [1.807, 2.05) is 24.3 Å². The summed E-state index contributed by atoms with van der Waals surface area (Å²) in [6.07, 6.45) is 0. The lowest BCUT2D eigenvalue weighted by Crippen LogP contribution is -2.18. The van der Waals surface area contributed by atoms with E-state index in [0.29, 0.717) is 12.3 Å². The molecule has 1 atom stereocenters. The van der Waals surface area contributed by atoms with E-state index in [1.54, 1.807) is 20.1 Å². The SMILES string of the molecule is COc1ccc([C@@H](C)NCc2cc(C(=O)O)oc2C)cc1. The van der Waals surface area contributed by atoms with Crippen molar-refractivity contribution in [2.24, 2.45) is 0 Å². The van der Waals surface area contributed by atoms with Gasteiger partial charge in [-0.25, -0.2) is 4.79 Å². The Morgan fingerprint density at radius 3 is 2.57 bits per heavy atom. The number of carboxylic acid groups (broad SMARTS) is 1. The van der Waals surface area contributed by atoms with Crippen molar-refractivity contribution in [3.63, 3.8) is 0 Å². The summed E-state index contributed by atoms with van der Waals surface area (Å²) in [4.78, 5) is 10.9. The predicted molar refractivity (Wildman–Crippen MR) is 78.7 cm³/mol. The summed E-state index contributed by atoms with van der Waals surface area (Å²) in [5.41, 5.74) is 1.99. The molecule has 0 aliphatic rings. The van der Waals surface area contributed by atoms with Crippen LogP contribution in [0.1, 0.15) is 40.4 Å². The van der Waals surface area contributed by atoms with Crippen molar-refractivity contribution in [2.75, 3.05) is 7.11 Å². The van der Waals surface area contributed by atoms with Crippen LogP contribution in [0.4, 0.5) is 0 Å². The zero-order valence-electron chi connectivity index (χ0n) is 12.3. The molecule has 0 amide bonds. The van der Waals surface area contributed by atoms with Gasteiger partial charge < -0.3 is 19.6 Å². The second-order valence-corrected chi connectivity index (χ2v) is 4.87. The molecule has 5 nitrogen and oxygen atoms in total. The standard InChI is InChI=1S/C16H19NO4/c1-10(12-4-6-14(20-3)7-5-12)17-9-13-8-15(16(18)19)21-11(13)2/h4-8,10,17H,9H2,1-3H3,(H,18,19)/t10-/m1/s1. The van der Waals surface area contributed by atoms with Crippen LogP contribution >= 0.6 is 0 Å². The Hall–Kier alpha value is -2.27. The van der Waals surface area contributed by atoms with Crippen molar-refractivity contribution in [1.82, 2.24) is 5.32 Å². The zero-order valence-corrected chi connectivity index (χ0v) is 12.3. The average molecular weight is 289 g/mol. The molecule has 5 heteroatoms. The molecule has 1 heterocycles. The molecular weight excluding hydrogens is 270 g/mol. The quantitative estimate of drug-likeness (QED) is 0.854. The minimum Gasteiger partial charge on any atom is -0.497 e. The molecule has 0 saturated carbocycles. The molecule has 2 aromatic rings. The van der Waals surface area contributed by atoms with E-state index in [1.165, 1.54) is 0 Å². The highest BCUT2D eigenvalue weighted by Crippen LogP contribution is 2.19. The number of carbonyl (C=O) groups is 1. The first kappa shape index (κ1) is 15.1. The van der Waals surface area contributed by atoms with Gasteiger partial charge in [0, 0.05) is 18.2 Å². The van der Waals surface area contributed by atoms with Gasteiger partial charge in [-0.15, -0.1) is 0 Å². The lowest BCUT2D eigenvalue weighted by Gasteiger charge is -2.14. The molecule has 0 aliphatic heterocycles. The number of rotatable bonds is 6. The van der Waals surface area contributed by atoms with Gasteiger partial charge >= 0.3 is 5.97 Å². The fraction of sp³-hybridized carbons (Fsp3) is 0.312. The maximum Gasteiger partial charge on any atom is 0.371 e.